The van der Waals surface area contributed by atoms with Gasteiger partial charge in [-0.15, -0.1) is 0 Å². The van der Waals surface area contributed by atoms with Gasteiger partial charge in [0.05, 0.1) is 5.84 Å². The fraction of sp³-hybridized carbons (Fsp3) is 0.917. The topological polar surface area (TPSA) is 30.3 Å². The van der Waals surface area contributed by atoms with Crippen LogP contribution in [0.3, 0.4) is 0 Å². The monoisotopic (exact) mass is 209 g/mol. The molecule has 15 heavy (non-hydrogen) atoms. The summed E-state index contributed by atoms with van der Waals surface area (Å²) in [6.45, 7) is 3.56. The van der Waals surface area contributed by atoms with Crippen molar-refractivity contribution in [3.05, 3.63) is 0 Å². The fourth-order valence-electron chi connectivity index (χ4n) is 2.40. The Morgan fingerprint density at radius 2 is 1.87 bits per heavy atom. The van der Waals surface area contributed by atoms with E-state index < -0.39 is 0 Å². The van der Waals surface area contributed by atoms with Gasteiger partial charge in [0, 0.05) is 19.5 Å². The highest BCUT2D eigenvalue weighted by Crippen LogP contribution is 2.31. The lowest BCUT2D eigenvalue weighted by atomic mass is 9.96. The molecule has 86 valence electrons. The fourth-order valence-corrected chi connectivity index (χ4v) is 2.40. The minimum atomic E-state index is 0.598. The summed E-state index contributed by atoms with van der Waals surface area (Å²) in [5.74, 6) is 2.29. The minimum absolute atomic E-state index is 0.598. The van der Waals surface area contributed by atoms with Crippen molar-refractivity contribution in [1.29, 1.82) is 5.41 Å². The largest absolute Gasteiger partial charge is 0.363 e. The maximum atomic E-state index is 7.99. The molecule has 1 saturated heterocycles. The molecule has 3 nitrogen and oxygen atoms in total. The van der Waals surface area contributed by atoms with E-state index in [9.17, 15) is 0 Å². The number of amidine groups is 1. The van der Waals surface area contributed by atoms with E-state index in [1.54, 1.807) is 0 Å². The molecule has 1 aliphatic heterocycles. The molecule has 0 unspecified atom stereocenters. The molecular formula is C12H23N3. The van der Waals surface area contributed by atoms with E-state index in [0.717, 1.165) is 18.3 Å². The van der Waals surface area contributed by atoms with Crippen LogP contribution in [0.15, 0.2) is 0 Å². The van der Waals surface area contributed by atoms with E-state index in [-0.39, 0.29) is 0 Å². The van der Waals surface area contributed by atoms with Crippen LogP contribution in [0.1, 0.15) is 25.7 Å². The summed E-state index contributed by atoms with van der Waals surface area (Å²) in [6, 6.07) is 0. The van der Waals surface area contributed by atoms with Crippen molar-refractivity contribution in [3.8, 4) is 0 Å². The van der Waals surface area contributed by atoms with Gasteiger partial charge in [0.25, 0.3) is 0 Å². The number of nitrogens with one attached hydrogen (secondary N) is 1. The second kappa shape index (κ2) is 4.52. The van der Waals surface area contributed by atoms with Crippen molar-refractivity contribution in [3.63, 3.8) is 0 Å². The molecule has 0 atom stereocenters. The van der Waals surface area contributed by atoms with E-state index >= 15 is 0 Å². The standard InChI is InChI=1S/C12H23N3/c1-14-7-5-10(6-8-14)9-15(2)12(13)11-3-4-11/h10-11,13H,3-9H2,1-2H3. The molecule has 3 heteroatoms. The zero-order valence-corrected chi connectivity index (χ0v) is 10.00. The van der Waals surface area contributed by atoms with E-state index in [4.69, 9.17) is 5.41 Å². The van der Waals surface area contributed by atoms with Crippen LogP contribution in [0.4, 0.5) is 0 Å². The summed E-state index contributed by atoms with van der Waals surface area (Å²) in [5.41, 5.74) is 0. The van der Waals surface area contributed by atoms with Crippen LogP contribution in [-0.4, -0.2) is 49.4 Å². The van der Waals surface area contributed by atoms with Crippen molar-refractivity contribution in [2.45, 2.75) is 25.7 Å². The molecular weight excluding hydrogens is 186 g/mol. The van der Waals surface area contributed by atoms with Crippen molar-refractivity contribution < 1.29 is 0 Å². The lowest BCUT2D eigenvalue weighted by Gasteiger charge is -2.32. The highest BCUT2D eigenvalue weighted by Gasteiger charge is 2.29. The zero-order valence-electron chi connectivity index (χ0n) is 10.00. The maximum absolute atomic E-state index is 7.99. The van der Waals surface area contributed by atoms with Crippen LogP contribution in [0.5, 0.6) is 0 Å². The Labute approximate surface area is 92.9 Å². The summed E-state index contributed by atoms with van der Waals surface area (Å²) in [6.07, 6.45) is 5.10. The second-order valence-electron chi connectivity index (χ2n) is 5.29. The average Bonchev–Trinajstić information content (AvgIpc) is 3.04. The van der Waals surface area contributed by atoms with Gasteiger partial charge < -0.3 is 9.80 Å². The Balaban J connectivity index is 1.73. The molecule has 1 aliphatic carbocycles. The van der Waals surface area contributed by atoms with Gasteiger partial charge in [0.15, 0.2) is 0 Å². The van der Waals surface area contributed by atoms with Gasteiger partial charge in [0.2, 0.25) is 0 Å². The van der Waals surface area contributed by atoms with E-state index in [2.05, 4.69) is 23.9 Å². The van der Waals surface area contributed by atoms with Gasteiger partial charge in [-0.3, -0.25) is 5.41 Å². The molecule has 0 aromatic carbocycles. The predicted octanol–water partition coefficient (Wildman–Crippen LogP) is 1.65. The minimum Gasteiger partial charge on any atom is -0.363 e. The molecule has 0 aromatic rings. The normalized spacial score (nSPS) is 24.1. The number of hydrogen-bond acceptors (Lipinski definition) is 2. The molecule has 0 radical (unpaired) electrons. The van der Waals surface area contributed by atoms with Gasteiger partial charge in [-0.2, -0.15) is 0 Å². The van der Waals surface area contributed by atoms with E-state index in [0.29, 0.717) is 5.92 Å². The summed E-state index contributed by atoms with van der Waals surface area (Å²) in [7, 11) is 4.30. The summed E-state index contributed by atoms with van der Waals surface area (Å²) in [4.78, 5) is 4.59. The Morgan fingerprint density at radius 1 is 1.27 bits per heavy atom. The first-order valence-electron chi connectivity index (χ1n) is 6.15. The van der Waals surface area contributed by atoms with Crippen LogP contribution in [-0.2, 0) is 0 Å². The molecule has 1 heterocycles. The number of likely N-dealkylation sites (tertiary alicyclic amines) is 1. The molecule has 2 rings (SSSR count). The van der Waals surface area contributed by atoms with E-state index in [1.165, 1.54) is 38.8 Å². The van der Waals surface area contributed by atoms with Crippen molar-refractivity contribution >= 4 is 5.84 Å². The first kappa shape index (κ1) is 10.9. The quantitative estimate of drug-likeness (QED) is 0.566. The molecule has 2 fully saturated rings. The second-order valence-corrected chi connectivity index (χ2v) is 5.29. The molecule has 1 saturated carbocycles. The summed E-state index contributed by atoms with van der Waals surface area (Å²) >= 11 is 0. The van der Waals surface area contributed by atoms with Crippen molar-refractivity contribution in [1.82, 2.24) is 9.80 Å². The molecule has 0 aromatic heterocycles. The Hall–Kier alpha value is -0.570. The van der Waals surface area contributed by atoms with Gasteiger partial charge in [0.1, 0.15) is 0 Å². The Morgan fingerprint density at radius 3 is 2.40 bits per heavy atom. The summed E-state index contributed by atoms with van der Waals surface area (Å²) in [5, 5.41) is 7.99. The zero-order chi connectivity index (χ0) is 10.8. The third kappa shape index (κ3) is 2.94. The number of hydrogen-bond donors (Lipinski definition) is 1. The first-order chi connectivity index (χ1) is 7.16. The molecule has 0 amide bonds. The van der Waals surface area contributed by atoms with Crippen LogP contribution in [0, 0.1) is 17.2 Å². The lowest BCUT2D eigenvalue weighted by molar-refractivity contribution is 0.199. The SMILES string of the molecule is CN1CCC(CN(C)C(=N)C2CC2)CC1. The van der Waals surface area contributed by atoms with Crippen LogP contribution in [0.2, 0.25) is 0 Å². The Bertz CT molecular complexity index is 227. The van der Waals surface area contributed by atoms with Gasteiger partial charge in [-0.05, 0) is 51.7 Å². The smallest absolute Gasteiger partial charge is 0.0986 e. The van der Waals surface area contributed by atoms with Crippen LogP contribution in [0.25, 0.3) is 0 Å². The third-order valence-corrected chi connectivity index (χ3v) is 3.75. The average molecular weight is 209 g/mol. The predicted molar refractivity (Wildman–Crippen MR) is 63.3 cm³/mol. The lowest BCUT2D eigenvalue weighted by Crippen LogP contribution is -2.38. The Kier molecular flexibility index (Phi) is 3.29. The maximum Gasteiger partial charge on any atom is 0.0986 e. The van der Waals surface area contributed by atoms with Crippen LogP contribution < -0.4 is 0 Å². The molecule has 0 bridgehead atoms. The molecule has 0 spiro atoms. The highest BCUT2D eigenvalue weighted by atomic mass is 15.2. The van der Waals surface area contributed by atoms with Crippen molar-refractivity contribution in [2.75, 3.05) is 33.7 Å². The molecule has 1 N–H and O–H groups in total. The van der Waals surface area contributed by atoms with Crippen molar-refractivity contribution in [2.24, 2.45) is 11.8 Å². The highest BCUT2D eigenvalue weighted by molar-refractivity contribution is 5.83. The number of piperidine rings is 1. The molecule has 2 aliphatic rings. The number of nitrogens with zero attached hydrogens (tertiary/aromatic N) is 2. The summed E-state index contributed by atoms with van der Waals surface area (Å²) < 4.78 is 0. The number of rotatable bonds is 3. The van der Waals surface area contributed by atoms with Gasteiger partial charge >= 0.3 is 0 Å². The third-order valence-electron chi connectivity index (χ3n) is 3.75. The first-order valence-corrected chi connectivity index (χ1v) is 6.15. The van der Waals surface area contributed by atoms with Gasteiger partial charge in [-0.25, -0.2) is 0 Å². The van der Waals surface area contributed by atoms with Crippen LogP contribution >= 0.6 is 0 Å². The van der Waals surface area contributed by atoms with Gasteiger partial charge in [-0.1, -0.05) is 0 Å². The van der Waals surface area contributed by atoms with E-state index in [1.807, 2.05) is 0 Å².